The van der Waals surface area contributed by atoms with Gasteiger partial charge in [-0.1, -0.05) is 6.07 Å². The molecule has 5 nitrogen and oxygen atoms in total. The lowest BCUT2D eigenvalue weighted by Gasteiger charge is -2.35. The lowest BCUT2D eigenvalue weighted by atomic mass is 9.97. The van der Waals surface area contributed by atoms with Crippen LogP contribution in [0.5, 0.6) is 0 Å². The topological polar surface area (TPSA) is 54.5 Å². The van der Waals surface area contributed by atoms with Gasteiger partial charge in [0.05, 0.1) is 18.8 Å². The van der Waals surface area contributed by atoms with Crippen LogP contribution in [0.1, 0.15) is 29.8 Å². The van der Waals surface area contributed by atoms with Gasteiger partial charge in [-0.25, -0.2) is 4.39 Å². The molecule has 2 aliphatic rings. The van der Waals surface area contributed by atoms with Gasteiger partial charge >= 0.3 is 6.18 Å². The van der Waals surface area contributed by atoms with Gasteiger partial charge in [-0.05, 0) is 56.0 Å². The number of ether oxygens (including phenoxy) is 1. The lowest BCUT2D eigenvalue weighted by Crippen LogP contribution is -2.49. The van der Waals surface area contributed by atoms with E-state index >= 15 is 4.39 Å². The van der Waals surface area contributed by atoms with E-state index in [1.54, 1.807) is 6.07 Å². The lowest BCUT2D eigenvalue weighted by molar-refractivity contribution is -0.221. The van der Waals surface area contributed by atoms with Crippen LogP contribution in [0.25, 0.3) is 11.1 Å². The van der Waals surface area contributed by atoms with Crippen molar-refractivity contribution in [2.24, 2.45) is 5.92 Å². The number of carbonyl (C=O) groups is 1. The van der Waals surface area contributed by atoms with E-state index in [4.69, 9.17) is 4.74 Å². The second kappa shape index (κ2) is 8.69. The van der Waals surface area contributed by atoms with Crippen LogP contribution in [0, 0.1) is 25.6 Å². The minimum atomic E-state index is -4.53. The standard InChI is InChI=1S/C23H25F4N3O2/c1-13-9-16(10-14(2)29-13)17-5-6-19(30-7-8-32-20(12-30)23(25,26)27)21(24)18(17)11-28-22(31)15-3-4-15/h5-6,9-10,15,20H,3-4,7-8,11-12H2,1-2H3,(H,28,31). The molecule has 2 fully saturated rings. The van der Waals surface area contributed by atoms with Crippen molar-refractivity contribution in [1.29, 1.82) is 0 Å². The van der Waals surface area contributed by atoms with Gasteiger partial charge in [-0.15, -0.1) is 0 Å². The van der Waals surface area contributed by atoms with Crippen LogP contribution in [-0.2, 0) is 16.1 Å². The van der Waals surface area contributed by atoms with Crippen molar-refractivity contribution in [2.75, 3.05) is 24.6 Å². The number of amides is 1. The molecule has 4 rings (SSSR count). The summed E-state index contributed by atoms with van der Waals surface area (Å²) in [5.41, 5.74) is 3.17. The summed E-state index contributed by atoms with van der Waals surface area (Å²) in [7, 11) is 0. The highest BCUT2D eigenvalue weighted by Crippen LogP contribution is 2.35. The Labute approximate surface area is 183 Å². The number of aromatic nitrogens is 1. The van der Waals surface area contributed by atoms with E-state index in [1.165, 1.54) is 11.0 Å². The maximum Gasteiger partial charge on any atom is 0.416 e. The van der Waals surface area contributed by atoms with E-state index in [0.29, 0.717) is 5.56 Å². The van der Waals surface area contributed by atoms with E-state index in [0.717, 1.165) is 29.8 Å². The quantitative estimate of drug-likeness (QED) is 0.689. The first-order valence-corrected chi connectivity index (χ1v) is 10.6. The number of hydrogen-bond donors (Lipinski definition) is 1. The average Bonchev–Trinajstić information content (AvgIpc) is 3.56. The van der Waals surface area contributed by atoms with E-state index in [9.17, 15) is 18.0 Å². The van der Waals surface area contributed by atoms with Crippen molar-refractivity contribution in [2.45, 2.75) is 45.5 Å². The largest absolute Gasteiger partial charge is 0.416 e. The molecule has 1 unspecified atom stereocenters. The van der Waals surface area contributed by atoms with Crippen LogP contribution in [0.15, 0.2) is 24.3 Å². The first-order chi connectivity index (χ1) is 15.1. The van der Waals surface area contributed by atoms with Crippen LogP contribution in [0.3, 0.4) is 0 Å². The molecule has 1 aromatic heterocycles. The maximum atomic E-state index is 15.8. The Morgan fingerprint density at radius 2 is 1.91 bits per heavy atom. The number of anilines is 1. The van der Waals surface area contributed by atoms with Gasteiger partial charge < -0.3 is 15.0 Å². The molecular formula is C23H25F4N3O2. The molecule has 1 saturated heterocycles. The van der Waals surface area contributed by atoms with Gasteiger partial charge in [0, 0.05) is 36.0 Å². The van der Waals surface area contributed by atoms with E-state index in [2.05, 4.69) is 10.3 Å². The van der Waals surface area contributed by atoms with Gasteiger partial charge in [0.25, 0.3) is 0 Å². The monoisotopic (exact) mass is 451 g/mol. The minimum absolute atomic E-state index is 0.0399. The zero-order valence-electron chi connectivity index (χ0n) is 17.9. The fraction of sp³-hybridized carbons (Fsp3) is 0.478. The summed E-state index contributed by atoms with van der Waals surface area (Å²) < 4.78 is 60.1. The SMILES string of the molecule is Cc1cc(-c2ccc(N3CCOC(C(F)(F)F)C3)c(F)c2CNC(=O)C2CC2)cc(C)n1. The van der Waals surface area contributed by atoms with Crippen molar-refractivity contribution < 1.29 is 27.1 Å². The second-order valence-electron chi connectivity index (χ2n) is 8.40. The van der Waals surface area contributed by atoms with Crippen LogP contribution >= 0.6 is 0 Å². The number of halogens is 4. The third kappa shape index (κ3) is 4.87. The van der Waals surface area contributed by atoms with Gasteiger partial charge in [-0.3, -0.25) is 9.78 Å². The number of nitrogens with one attached hydrogen (secondary N) is 1. The minimum Gasteiger partial charge on any atom is -0.365 e. The van der Waals surface area contributed by atoms with Crippen molar-refractivity contribution in [3.63, 3.8) is 0 Å². The Hall–Kier alpha value is -2.68. The molecule has 0 spiro atoms. The molecule has 1 amide bonds. The fourth-order valence-electron chi connectivity index (χ4n) is 4.02. The van der Waals surface area contributed by atoms with Gasteiger partial charge in [0.1, 0.15) is 0 Å². The van der Waals surface area contributed by atoms with E-state index in [-0.39, 0.29) is 42.8 Å². The predicted octanol–water partition coefficient (Wildman–Crippen LogP) is 4.30. The van der Waals surface area contributed by atoms with Gasteiger partial charge in [-0.2, -0.15) is 13.2 Å². The summed E-state index contributed by atoms with van der Waals surface area (Å²) >= 11 is 0. The van der Waals surface area contributed by atoms with Crippen LogP contribution < -0.4 is 10.2 Å². The highest BCUT2D eigenvalue weighted by atomic mass is 19.4. The Kier molecular flexibility index (Phi) is 6.11. The normalized spacial score (nSPS) is 19.2. The fourth-order valence-corrected chi connectivity index (χ4v) is 4.02. The molecule has 1 saturated carbocycles. The molecule has 32 heavy (non-hydrogen) atoms. The number of carbonyl (C=O) groups excluding carboxylic acids is 1. The molecule has 2 aromatic rings. The third-order valence-electron chi connectivity index (χ3n) is 5.78. The maximum absolute atomic E-state index is 15.8. The number of aryl methyl sites for hydroxylation is 2. The number of hydrogen-bond acceptors (Lipinski definition) is 4. The first-order valence-electron chi connectivity index (χ1n) is 10.6. The number of alkyl halides is 3. The molecule has 0 bridgehead atoms. The van der Waals surface area contributed by atoms with Gasteiger partial charge in [0.2, 0.25) is 5.91 Å². The molecule has 2 heterocycles. The van der Waals surface area contributed by atoms with Crippen LogP contribution in [-0.4, -0.2) is 42.9 Å². The highest BCUT2D eigenvalue weighted by molar-refractivity contribution is 5.81. The summed E-state index contributed by atoms with van der Waals surface area (Å²) in [6.45, 7) is 3.13. The summed E-state index contributed by atoms with van der Waals surface area (Å²) in [6, 6.07) is 6.84. The summed E-state index contributed by atoms with van der Waals surface area (Å²) in [4.78, 5) is 17.9. The van der Waals surface area contributed by atoms with E-state index in [1.807, 2.05) is 26.0 Å². The second-order valence-corrected chi connectivity index (χ2v) is 8.40. The number of rotatable bonds is 5. The highest BCUT2D eigenvalue weighted by Gasteiger charge is 2.44. The van der Waals surface area contributed by atoms with Crippen LogP contribution in [0.2, 0.25) is 0 Å². The van der Waals surface area contributed by atoms with Crippen molar-refractivity contribution in [3.8, 4) is 11.1 Å². The molecule has 1 aromatic carbocycles. The summed E-state index contributed by atoms with van der Waals surface area (Å²) in [5.74, 6) is -0.804. The smallest absolute Gasteiger partial charge is 0.365 e. The van der Waals surface area contributed by atoms with E-state index < -0.39 is 24.6 Å². The van der Waals surface area contributed by atoms with Crippen LogP contribution in [0.4, 0.5) is 23.2 Å². The zero-order valence-corrected chi connectivity index (χ0v) is 17.9. The Balaban J connectivity index is 1.71. The molecule has 0 radical (unpaired) electrons. The Morgan fingerprint density at radius 3 is 2.53 bits per heavy atom. The zero-order chi connectivity index (χ0) is 23.0. The molecule has 9 heteroatoms. The molecule has 1 N–H and O–H groups in total. The number of pyridine rings is 1. The molecular weight excluding hydrogens is 426 g/mol. The van der Waals surface area contributed by atoms with Gasteiger partial charge in [0.15, 0.2) is 11.9 Å². The van der Waals surface area contributed by atoms with Crippen molar-refractivity contribution in [3.05, 3.63) is 47.0 Å². The summed E-state index contributed by atoms with van der Waals surface area (Å²) in [5, 5.41) is 2.79. The molecule has 1 aliphatic carbocycles. The molecule has 1 aliphatic heterocycles. The average molecular weight is 451 g/mol. The Bertz CT molecular complexity index is 1000. The predicted molar refractivity (Wildman–Crippen MR) is 112 cm³/mol. The summed E-state index contributed by atoms with van der Waals surface area (Å²) in [6.07, 6.45) is -4.87. The number of morpholine rings is 1. The number of nitrogens with zero attached hydrogens (tertiary/aromatic N) is 2. The third-order valence-corrected chi connectivity index (χ3v) is 5.78. The molecule has 172 valence electrons. The first kappa shape index (κ1) is 22.5. The number of benzene rings is 1. The van der Waals surface area contributed by atoms with Crippen molar-refractivity contribution >= 4 is 11.6 Å². The van der Waals surface area contributed by atoms with Crippen molar-refractivity contribution in [1.82, 2.24) is 10.3 Å². The molecule has 1 atom stereocenters. The Morgan fingerprint density at radius 1 is 1.22 bits per heavy atom.